The van der Waals surface area contributed by atoms with Crippen LogP contribution in [0.1, 0.15) is 6.92 Å². The normalized spacial score (nSPS) is 16.2. The Bertz CT molecular complexity index is 148. The van der Waals surface area contributed by atoms with Crippen LogP contribution in [-0.4, -0.2) is 32.2 Å². The number of alkyl halides is 1. The van der Waals surface area contributed by atoms with Gasteiger partial charge >= 0.3 is 5.97 Å². The Balaban J connectivity index is 3.82. The fourth-order valence-corrected chi connectivity index (χ4v) is 1.55. The molecule has 0 aromatic heterocycles. The second-order valence-electron chi connectivity index (χ2n) is 1.75. The predicted octanol–water partition coefficient (Wildman–Crippen LogP) is 0.447. The summed E-state index contributed by atoms with van der Waals surface area (Å²) in [4.78, 5) is 10.2. The van der Waals surface area contributed by atoms with Crippen LogP contribution in [0.5, 0.6) is 0 Å². The molecule has 60 valence electrons. The highest BCUT2D eigenvalue weighted by Gasteiger charge is 2.17. The van der Waals surface area contributed by atoms with E-state index in [1.54, 1.807) is 0 Å². The third-order valence-electron chi connectivity index (χ3n) is 1.02. The summed E-state index contributed by atoms with van der Waals surface area (Å²) in [6, 6.07) is 0. The molecule has 0 fully saturated rings. The first-order valence-corrected chi connectivity index (χ1v) is 4.67. The first-order chi connectivity index (χ1) is 4.59. The molecule has 0 saturated carbocycles. The number of halogens is 1. The quantitative estimate of drug-likeness (QED) is 0.646. The lowest BCUT2D eigenvalue weighted by molar-refractivity contribution is -0.136. The van der Waals surface area contributed by atoms with E-state index in [1.807, 2.05) is 0 Å². The molecule has 0 amide bonds. The van der Waals surface area contributed by atoms with Crippen molar-refractivity contribution in [2.45, 2.75) is 12.2 Å². The smallest absolute Gasteiger partial charge is 0.318 e. The molecule has 0 spiro atoms. The summed E-state index contributed by atoms with van der Waals surface area (Å²) in [6.07, 6.45) is 0. The van der Waals surface area contributed by atoms with Crippen LogP contribution < -0.4 is 0 Å². The van der Waals surface area contributed by atoms with Gasteiger partial charge in [0.15, 0.2) is 0 Å². The molecule has 5 heteroatoms. The van der Waals surface area contributed by atoms with Gasteiger partial charge in [0.1, 0.15) is 5.25 Å². The molecule has 1 N–H and O–H groups in total. The second-order valence-corrected chi connectivity index (χ2v) is 4.01. The Morgan fingerprint density at radius 1 is 1.80 bits per heavy atom. The summed E-state index contributed by atoms with van der Waals surface area (Å²) in [7, 11) is -1.33. The molecule has 2 atom stereocenters. The Morgan fingerprint density at radius 3 is 2.60 bits per heavy atom. The molecule has 0 aliphatic heterocycles. The van der Waals surface area contributed by atoms with Gasteiger partial charge in [-0.2, -0.15) is 0 Å². The van der Waals surface area contributed by atoms with Gasteiger partial charge in [0.2, 0.25) is 0 Å². The maximum atomic E-state index is 10.8. The standard InChI is InChI=1S/C5H9ClO3S/c1-4(5(7)8)10(9)3-2-6/h4H,2-3H2,1H3,(H,7,8). The van der Waals surface area contributed by atoms with Crippen molar-refractivity contribution in [3.8, 4) is 0 Å². The number of hydrogen-bond donors (Lipinski definition) is 1. The molecule has 0 aromatic carbocycles. The van der Waals surface area contributed by atoms with E-state index in [0.29, 0.717) is 0 Å². The summed E-state index contributed by atoms with van der Waals surface area (Å²) in [5.41, 5.74) is 0. The van der Waals surface area contributed by atoms with Gasteiger partial charge in [0, 0.05) is 22.4 Å². The van der Waals surface area contributed by atoms with E-state index in [9.17, 15) is 9.00 Å². The molecule has 0 bridgehead atoms. The van der Waals surface area contributed by atoms with E-state index in [2.05, 4.69) is 0 Å². The van der Waals surface area contributed by atoms with Crippen molar-refractivity contribution in [3.63, 3.8) is 0 Å². The zero-order chi connectivity index (χ0) is 8.15. The minimum Gasteiger partial charge on any atom is -0.480 e. The molecule has 0 aliphatic carbocycles. The van der Waals surface area contributed by atoms with Gasteiger partial charge < -0.3 is 5.11 Å². The van der Waals surface area contributed by atoms with Crippen molar-refractivity contribution in [2.24, 2.45) is 0 Å². The van der Waals surface area contributed by atoms with Crippen LogP contribution in [0.3, 0.4) is 0 Å². The van der Waals surface area contributed by atoms with Crippen LogP contribution in [0, 0.1) is 0 Å². The number of carboxylic acids is 1. The average Bonchev–Trinajstić information content (AvgIpc) is 1.87. The maximum Gasteiger partial charge on any atom is 0.318 e. The summed E-state index contributed by atoms with van der Waals surface area (Å²) in [5, 5.41) is 7.54. The first kappa shape index (κ1) is 9.91. The predicted molar refractivity (Wildman–Crippen MR) is 40.8 cm³/mol. The summed E-state index contributed by atoms with van der Waals surface area (Å²) >= 11 is 5.26. The van der Waals surface area contributed by atoms with E-state index in [0.717, 1.165) is 0 Å². The topological polar surface area (TPSA) is 54.4 Å². The fraction of sp³-hybridized carbons (Fsp3) is 0.800. The monoisotopic (exact) mass is 184 g/mol. The third kappa shape index (κ3) is 3.17. The summed E-state index contributed by atoms with van der Waals surface area (Å²) in [6.45, 7) is 1.41. The molecule has 0 heterocycles. The van der Waals surface area contributed by atoms with Crippen LogP contribution in [0.25, 0.3) is 0 Å². The van der Waals surface area contributed by atoms with Gasteiger partial charge in [0.05, 0.1) is 0 Å². The SMILES string of the molecule is CC(C(=O)O)S(=O)CCCl. The van der Waals surface area contributed by atoms with Crippen molar-refractivity contribution in [1.29, 1.82) is 0 Å². The highest BCUT2D eigenvalue weighted by Crippen LogP contribution is 1.96. The Kier molecular flexibility index (Phi) is 4.64. The van der Waals surface area contributed by atoms with Gasteiger partial charge in [0.25, 0.3) is 0 Å². The minimum absolute atomic E-state index is 0.240. The van der Waals surface area contributed by atoms with Crippen LogP contribution in [0.4, 0.5) is 0 Å². The van der Waals surface area contributed by atoms with Crippen molar-refractivity contribution in [3.05, 3.63) is 0 Å². The molecular formula is C5H9ClO3S. The average molecular weight is 185 g/mol. The van der Waals surface area contributed by atoms with Gasteiger partial charge in [-0.25, -0.2) is 0 Å². The number of aliphatic carboxylic acids is 1. The second kappa shape index (κ2) is 4.68. The number of hydrogen-bond acceptors (Lipinski definition) is 2. The fourth-order valence-electron chi connectivity index (χ4n) is 0.365. The van der Waals surface area contributed by atoms with E-state index in [4.69, 9.17) is 16.7 Å². The molecular weight excluding hydrogens is 176 g/mol. The molecule has 2 unspecified atom stereocenters. The van der Waals surface area contributed by atoms with E-state index < -0.39 is 22.0 Å². The molecule has 0 radical (unpaired) electrons. The van der Waals surface area contributed by atoms with Crippen LogP contribution in [0.15, 0.2) is 0 Å². The number of carbonyl (C=O) groups is 1. The van der Waals surface area contributed by atoms with Crippen LogP contribution >= 0.6 is 11.6 Å². The lowest BCUT2D eigenvalue weighted by Gasteiger charge is -2.02. The Hall–Kier alpha value is -0.0900. The maximum absolute atomic E-state index is 10.8. The van der Waals surface area contributed by atoms with E-state index in [1.165, 1.54) is 6.92 Å². The Labute approximate surface area is 66.8 Å². The summed E-state index contributed by atoms with van der Waals surface area (Å²) in [5.74, 6) is -0.553. The van der Waals surface area contributed by atoms with E-state index in [-0.39, 0.29) is 11.6 Å². The molecule has 10 heavy (non-hydrogen) atoms. The van der Waals surface area contributed by atoms with Crippen molar-refractivity contribution < 1.29 is 14.1 Å². The molecule has 0 aromatic rings. The molecule has 3 nitrogen and oxygen atoms in total. The van der Waals surface area contributed by atoms with E-state index >= 15 is 0 Å². The zero-order valence-corrected chi connectivity index (χ0v) is 7.11. The zero-order valence-electron chi connectivity index (χ0n) is 5.54. The minimum atomic E-state index is -1.33. The Morgan fingerprint density at radius 2 is 2.30 bits per heavy atom. The van der Waals surface area contributed by atoms with Crippen molar-refractivity contribution >= 4 is 28.4 Å². The van der Waals surface area contributed by atoms with Crippen molar-refractivity contribution in [2.75, 3.05) is 11.6 Å². The third-order valence-corrected chi connectivity index (χ3v) is 3.03. The lowest BCUT2D eigenvalue weighted by Crippen LogP contribution is -2.24. The highest BCUT2D eigenvalue weighted by molar-refractivity contribution is 7.86. The largest absolute Gasteiger partial charge is 0.480 e. The molecule has 0 rings (SSSR count). The molecule has 0 aliphatic rings. The van der Waals surface area contributed by atoms with Crippen LogP contribution in [-0.2, 0) is 15.6 Å². The first-order valence-electron chi connectivity index (χ1n) is 2.75. The van der Waals surface area contributed by atoms with Crippen molar-refractivity contribution in [1.82, 2.24) is 0 Å². The summed E-state index contributed by atoms with van der Waals surface area (Å²) < 4.78 is 10.8. The van der Waals surface area contributed by atoms with Gasteiger partial charge in [-0.1, -0.05) is 0 Å². The van der Waals surface area contributed by atoms with Gasteiger partial charge in [-0.15, -0.1) is 11.6 Å². The highest BCUT2D eigenvalue weighted by atomic mass is 35.5. The number of rotatable bonds is 4. The van der Waals surface area contributed by atoms with Gasteiger partial charge in [-0.3, -0.25) is 9.00 Å². The van der Waals surface area contributed by atoms with Crippen LogP contribution in [0.2, 0.25) is 0 Å². The van der Waals surface area contributed by atoms with Gasteiger partial charge in [-0.05, 0) is 6.92 Å². The molecule has 0 saturated heterocycles. The lowest BCUT2D eigenvalue weighted by atomic mass is 10.5. The number of carboxylic acid groups (broad SMARTS) is 1.